The number of rotatable bonds is 3. The fourth-order valence-corrected chi connectivity index (χ4v) is 0.570. The number of carbonyl (C=O) groups is 1. The van der Waals surface area contributed by atoms with E-state index in [0.717, 1.165) is 0 Å². The summed E-state index contributed by atoms with van der Waals surface area (Å²) in [7, 11) is 0. The minimum atomic E-state index is -0.645. The normalized spacial score (nSPS) is 10.8. The van der Waals surface area contributed by atoms with Gasteiger partial charge in [-0.15, -0.1) is 6.42 Å². The van der Waals surface area contributed by atoms with E-state index in [1.54, 1.807) is 13.8 Å². The number of alkyl carbamates (subject to hydrolysis) is 1. The van der Waals surface area contributed by atoms with Crippen LogP contribution in [-0.2, 0) is 4.74 Å². The molecule has 0 aromatic heterocycles. The van der Waals surface area contributed by atoms with E-state index in [1.165, 1.54) is 0 Å². The number of ether oxygens (including phenoxy) is 1. The molecule has 0 unspecified atom stereocenters. The highest BCUT2D eigenvalue weighted by molar-refractivity contribution is 5.68. The standard InChI is InChI=1S/C10H17NO2/c1-6-10(4,5)11-9(12)13-7-8(2)3/h1,8H,7H2,2-5H3,(H,11,12). The van der Waals surface area contributed by atoms with Crippen LogP contribution in [0.25, 0.3) is 0 Å². The van der Waals surface area contributed by atoms with Crippen molar-refractivity contribution in [3.63, 3.8) is 0 Å². The maximum Gasteiger partial charge on any atom is 0.408 e. The van der Waals surface area contributed by atoms with E-state index in [4.69, 9.17) is 11.2 Å². The van der Waals surface area contributed by atoms with Crippen LogP contribution in [0, 0.1) is 18.3 Å². The zero-order valence-electron chi connectivity index (χ0n) is 8.68. The van der Waals surface area contributed by atoms with Crippen molar-refractivity contribution in [2.24, 2.45) is 5.92 Å². The van der Waals surface area contributed by atoms with Crippen molar-refractivity contribution in [3.05, 3.63) is 0 Å². The first-order valence-electron chi connectivity index (χ1n) is 4.30. The molecule has 0 aliphatic carbocycles. The lowest BCUT2D eigenvalue weighted by Gasteiger charge is -2.19. The van der Waals surface area contributed by atoms with E-state index in [-0.39, 0.29) is 0 Å². The molecular formula is C10H17NO2. The van der Waals surface area contributed by atoms with Gasteiger partial charge in [-0.1, -0.05) is 19.8 Å². The summed E-state index contributed by atoms with van der Waals surface area (Å²) >= 11 is 0. The number of nitrogens with one attached hydrogen (secondary N) is 1. The van der Waals surface area contributed by atoms with Gasteiger partial charge in [0.2, 0.25) is 0 Å². The molecule has 0 saturated carbocycles. The Hall–Kier alpha value is -1.17. The molecule has 1 N–H and O–H groups in total. The maximum atomic E-state index is 11.1. The van der Waals surface area contributed by atoms with Crippen LogP contribution in [0.2, 0.25) is 0 Å². The molecular weight excluding hydrogens is 166 g/mol. The Morgan fingerprint density at radius 1 is 1.62 bits per heavy atom. The summed E-state index contributed by atoms with van der Waals surface area (Å²) in [5, 5.41) is 2.56. The highest BCUT2D eigenvalue weighted by Gasteiger charge is 2.17. The summed E-state index contributed by atoms with van der Waals surface area (Å²) in [6.07, 6.45) is 4.73. The molecule has 13 heavy (non-hydrogen) atoms. The molecule has 0 atom stereocenters. The van der Waals surface area contributed by atoms with Gasteiger partial charge in [0.25, 0.3) is 0 Å². The van der Waals surface area contributed by atoms with Gasteiger partial charge in [0, 0.05) is 0 Å². The number of carbonyl (C=O) groups excluding carboxylic acids is 1. The SMILES string of the molecule is C#CC(C)(C)NC(=O)OCC(C)C. The smallest absolute Gasteiger partial charge is 0.408 e. The van der Waals surface area contributed by atoms with Crippen LogP contribution >= 0.6 is 0 Å². The fraction of sp³-hybridized carbons (Fsp3) is 0.700. The van der Waals surface area contributed by atoms with Crippen molar-refractivity contribution >= 4 is 6.09 Å². The summed E-state index contributed by atoms with van der Waals surface area (Å²) < 4.78 is 4.90. The zero-order chi connectivity index (χ0) is 10.5. The Kier molecular flexibility index (Phi) is 4.33. The van der Waals surface area contributed by atoms with E-state index in [2.05, 4.69) is 11.2 Å². The number of terminal acetylenes is 1. The highest BCUT2D eigenvalue weighted by atomic mass is 16.5. The molecule has 0 bridgehead atoms. The third-order valence-corrected chi connectivity index (χ3v) is 1.32. The molecule has 74 valence electrons. The summed E-state index contributed by atoms with van der Waals surface area (Å²) in [6.45, 7) is 7.83. The first-order valence-corrected chi connectivity index (χ1v) is 4.30. The predicted molar refractivity (Wildman–Crippen MR) is 52.2 cm³/mol. The topological polar surface area (TPSA) is 38.3 Å². The van der Waals surface area contributed by atoms with E-state index >= 15 is 0 Å². The second-order valence-corrected chi connectivity index (χ2v) is 3.89. The summed E-state index contributed by atoms with van der Waals surface area (Å²) in [5.74, 6) is 2.78. The lowest BCUT2D eigenvalue weighted by Crippen LogP contribution is -2.42. The fourth-order valence-electron chi connectivity index (χ4n) is 0.570. The third-order valence-electron chi connectivity index (χ3n) is 1.32. The molecule has 0 aliphatic rings. The van der Waals surface area contributed by atoms with Crippen molar-refractivity contribution in [3.8, 4) is 12.3 Å². The van der Waals surface area contributed by atoms with Crippen molar-refractivity contribution in [1.82, 2.24) is 5.32 Å². The Morgan fingerprint density at radius 2 is 2.15 bits per heavy atom. The maximum absolute atomic E-state index is 11.1. The van der Waals surface area contributed by atoms with Crippen molar-refractivity contribution in [1.29, 1.82) is 0 Å². The van der Waals surface area contributed by atoms with E-state index in [9.17, 15) is 4.79 Å². The van der Waals surface area contributed by atoms with Crippen LogP contribution in [0.1, 0.15) is 27.7 Å². The molecule has 0 aromatic carbocycles. The first kappa shape index (κ1) is 11.8. The molecule has 0 aliphatic heterocycles. The van der Waals surface area contributed by atoms with Gasteiger partial charge in [0.1, 0.15) is 0 Å². The summed E-state index contributed by atoms with van der Waals surface area (Å²) in [4.78, 5) is 11.1. The molecule has 1 amide bonds. The summed E-state index contributed by atoms with van der Waals surface area (Å²) in [6, 6.07) is 0. The molecule has 0 radical (unpaired) electrons. The Labute approximate surface area is 79.8 Å². The van der Waals surface area contributed by atoms with Crippen LogP contribution in [0.3, 0.4) is 0 Å². The molecule has 3 heteroatoms. The third kappa shape index (κ3) is 6.03. The molecule has 0 aromatic rings. The number of amides is 1. The Morgan fingerprint density at radius 3 is 2.54 bits per heavy atom. The van der Waals surface area contributed by atoms with Gasteiger partial charge in [-0.2, -0.15) is 0 Å². The lowest BCUT2D eigenvalue weighted by molar-refractivity contribution is 0.127. The van der Waals surface area contributed by atoms with Crippen LogP contribution in [0.15, 0.2) is 0 Å². The van der Waals surface area contributed by atoms with Gasteiger partial charge in [-0.3, -0.25) is 0 Å². The predicted octanol–water partition coefficient (Wildman–Crippen LogP) is 1.78. The monoisotopic (exact) mass is 183 g/mol. The molecule has 0 rings (SSSR count). The van der Waals surface area contributed by atoms with Gasteiger partial charge in [0.05, 0.1) is 12.1 Å². The Bertz CT molecular complexity index is 213. The average Bonchev–Trinajstić information content (AvgIpc) is 2.00. The Balaban J connectivity index is 3.83. The van der Waals surface area contributed by atoms with E-state index in [1.807, 2.05) is 13.8 Å². The average molecular weight is 183 g/mol. The second-order valence-electron chi connectivity index (χ2n) is 3.89. The minimum Gasteiger partial charge on any atom is -0.449 e. The van der Waals surface area contributed by atoms with Gasteiger partial charge >= 0.3 is 6.09 Å². The van der Waals surface area contributed by atoms with Crippen LogP contribution < -0.4 is 5.32 Å². The minimum absolute atomic E-state index is 0.333. The van der Waals surface area contributed by atoms with E-state index < -0.39 is 11.6 Å². The molecule has 3 nitrogen and oxygen atoms in total. The van der Waals surface area contributed by atoms with Gasteiger partial charge in [-0.05, 0) is 19.8 Å². The van der Waals surface area contributed by atoms with Gasteiger partial charge in [0.15, 0.2) is 0 Å². The number of hydrogen-bond donors (Lipinski definition) is 1. The number of hydrogen-bond acceptors (Lipinski definition) is 2. The summed E-state index contributed by atoms with van der Waals surface area (Å²) in [5.41, 5.74) is -0.645. The quantitative estimate of drug-likeness (QED) is 0.677. The van der Waals surface area contributed by atoms with Crippen molar-refractivity contribution < 1.29 is 9.53 Å². The largest absolute Gasteiger partial charge is 0.449 e. The molecule has 0 spiro atoms. The molecule has 0 fully saturated rings. The second kappa shape index (κ2) is 4.76. The molecule has 0 saturated heterocycles. The van der Waals surface area contributed by atoms with Gasteiger partial charge < -0.3 is 10.1 Å². The van der Waals surface area contributed by atoms with Crippen molar-refractivity contribution in [2.45, 2.75) is 33.2 Å². The first-order chi connectivity index (χ1) is 5.87. The molecule has 0 heterocycles. The highest BCUT2D eigenvalue weighted by Crippen LogP contribution is 2.00. The van der Waals surface area contributed by atoms with Crippen LogP contribution in [-0.4, -0.2) is 18.2 Å². The zero-order valence-corrected chi connectivity index (χ0v) is 8.68. The van der Waals surface area contributed by atoms with Crippen LogP contribution in [0.5, 0.6) is 0 Å². The van der Waals surface area contributed by atoms with Gasteiger partial charge in [-0.25, -0.2) is 4.79 Å². The van der Waals surface area contributed by atoms with E-state index in [0.29, 0.717) is 12.5 Å². The van der Waals surface area contributed by atoms with Crippen molar-refractivity contribution in [2.75, 3.05) is 6.61 Å². The van der Waals surface area contributed by atoms with Crippen LogP contribution in [0.4, 0.5) is 4.79 Å². The lowest BCUT2D eigenvalue weighted by atomic mass is 10.1.